The van der Waals surface area contributed by atoms with E-state index < -0.39 is 0 Å². The van der Waals surface area contributed by atoms with E-state index in [1.165, 1.54) is 0 Å². The molecule has 4 heteroatoms. The number of hydrogen-bond donors (Lipinski definition) is 3. The fraction of sp³-hybridized carbons (Fsp3) is 0.300. The molecule has 4 nitrogen and oxygen atoms in total. The third-order valence-electron chi connectivity index (χ3n) is 1.91. The number of aliphatic hydroxyl groups is 1. The van der Waals surface area contributed by atoms with Crippen molar-refractivity contribution in [1.82, 2.24) is 5.32 Å². The van der Waals surface area contributed by atoms with Gasteiger partial charge in [-0.15, -0.1) is 0 Å². The van der Waals surface area contributed by atoms with Gasteiger partial charge in [0.2, 0.25) is 5.91 Å². The summed E-state index contributed by atoms with van der Waals surface area (Å²) in [5, 5.41) is 11.7. The summed E-state index contributed by atoms with van der Waals surface area (Å²) < 4.78 is 0. The van der Waals surface area contributed by atoms with Crippen LogP contribution in [0.4, 0.5) is 0 Å². The van der Waals surface area contributed by atoms with E-state index in [1.54, 1.807) is 0 Å². The van der Waals surface area contributed by atoms with Gasteiger partial charge in [0.25, 0.3) is 0 Å². The molecule has 1 rings (SSSR count). The first kappa shape index (κ1) is 10.7. The van der Waals surface area contributed by atoms with Gasteiger partial charge in [0.1, 0.15) is 0 Å². The lowest BCUT2D eigenvalue weighted by Crippen LogP contribution is -2.35. The molecule has 0 saturated heterocycles. The van der Waals surface area contributed by atoms with Gasteiger partial charge in [0, 0.05) is 0 Å². The van der Waals surface area contributed by atoms with E-state index in [2.05, 4.69) is 5.32 Å². The van der Waals surface area contributed by atoms with Gasteiger partial charge in [-0.3, -0.25) is 4.79 Å². The maximum atomic E-state index is 11.0. The maximum Gasteiger partial charge on any atom is 0.234 e. The van der Waals surface area contributed by atoms with Crippen LogP contribution >= 0.6 is 0 Å². The molecule has 0 aromatic heterocycles. The fourth-order valence-electron chi connectivity index (χ4n) is 1.17. The van der Waals surface area contributed by atoms with Gasteiger partial charge < -0.3 is 16.2 Å². The summed E-state index contributed by atoms with van der Waals surface area (Å²) in [6.07, 6.45) is 0. The van der Waals surface area contributed by atoms with Gasteiger partial charge in [-0.25, -0.2) is 0 Å². The summed E-state index contributed by atoms with van der Waals surface area (Å²) in [5.41, 5.74) is 6.03. The van der Waals surface area contributed by atoms with Crippen LogP contribution in [-0.4, -0.2) is 24.2 Å². The lowest BCUT2D eigenvalue weighted by atomic mass is 10.1. The van der Waals surface area contributed by atoms with E-state index in [0.29, 0.717) is 0 Å². The zero-order chi connectivity index (χ0) is 10.4. The Labute approximate surface area is 82.7 Å². The predicted octanol–water partition coefficient (Wildman–Crippen LogP) is -0.205. The van der Waals surface area contributed by atoms with Crippen LogP contribution < -0.4 is 11.1 Å². The summed E-state index contributed by atoms with van der Waals surface area (Å²) in [6, 6.07) is 8.91. The fourth-order valence-corrected chi connectivity index (χ4v) is 1.17. The molecule has 0 unspecified atom stereocenters. The predicted molar refractivity (Wildman–Crippen MR) is 53.5 cm³/mol. The van der Waals surface area contributed by atoms with E-state index in [-0.39, 0.29) is 25.1 Å². The van der Waals surface area contributed by atoms with Gasteiger partial charge >= 0.3 is 0 Å². The molecule has 0 fully saturated rings. The minimum atomic E-state index is -0.368. The molecule has 1 aromatic rings. The second-order valence-electron chi connectivity index (χ2n) is 2.92. The first-order valence-electron chi connectivity index (χ1n) is 4.43. The highest BCUT2D eigenvalue weighted by atomic mass is 16.3. The van der Waals surface area contributed by atoms with Gasteiger partial charge in [0.15, 0.2) is 0 Å². The highest BCUT2D eigenvalue weighted by Crippen LogP contribution is 2.10. The van der Waals surface area contributed by atoms with Crippen LogP contribution in [-0.2, 0) is 4.79 Å². The zero-order valence-corrected chi connectivity index (χ0v) is 7.81. The average Bonchev–Trinajstić information content (AvgIpc) is 2.26. The quantitative estimate of drug-likeness (QED) is 0.621. The van der Waals surface area contributed by atoms with Crippen LogP contribution in [0.3, 0.4) is 0 Å². The molecule has 1 amide bonds. The molecular formula is C10H14N2O2. The Hall–Kier alpha value is -1.39. The molecule has 0 aliphatic rings. The number of benzene rings is 1. The Morgan fingerprint density at radius 2 is 2.07 bits per heavy atom. The molecule has 0 bridgehead atoms. The topological polar surface area (TPSA) is 75.4 Å². The van der Waals surface area contributed by atoms with Crippen molar-refractivity contribution in [2.45, 2.75) is 6.04 Å². The normalized spacial score (nSPS) is 12.1. The van der Waals surface area contributed by atoms with Crippen molar-refractivity contribution < 1.29 is 9.90 Å². The smallest absolute Gasteiger partial charge is 0.234 e. The van der Waals surface area contributed by atoms with Crippen molar-refractivity contribution in [3.8, 4) is 0 Å². The van der Waals surface area contributed by atoms with Crippen molar-refractivity contribution in [3.63, 3.8) is 0 Å². The Balaban J connectivity index is 2.68. The van der Waals surface area contributed by atoms with Crippen molar-refractivity contribution in [3.05, 3.63) is 35.9 Å². The molecule has 0 aliphatic carbocycles. The number of nitrogens with two attached hydrogens (primary N) is 1. The van der Waals surface area contributed by atoms with Crippen LogP contribution in [0.2, 0.25) is 0 Å². The Morgan fingerprint density at radius 1 is 1.43 bits per heavy atom. The summed E-state index contributed by atoms with van der Waals surface area (Å²) in [4.78, 5) is 11.0. The van der Waals surface area contributed by atoms with Crippen LogP contribution in [0.5, 0.6) is 0 Å². The number of amides is 1. The molecule has 0 heterocycles. The van der Waals surface area contributed by atoms with Gasteiger partial charge in [-0.05, 0) is 5.56 Å². The van der Waals surface area contributed by atoms with E-state index in [9.17, 15) is 4.79 Å². The van der Waals surface area contributed by atoms with E-state index >= 15 is 0 Å². The van der Waals surface area contributed by atoms with Crippen LogP contribution in [0, 0.1) is 0 Å². The molecule has 0 saturated carbocycles. The zero-order valence-electron chi connectivity index (χ0n) is 7.81. The first-order chi connectivity index (χ1) is 6.77. The van der Waals surface area contributed by atoms with E-state index in [0.717, 1.165) is 5.56 Å². The van der Waals surface area contributed by atoms with Crippen LogP contribution in [0.1, 0.15) is 11.6 Å². The number of aliphatic hydroxyl groups excluding tert-OH is 1. The van der Waals surface area contributed by atoms with Crippen molar-refractivity contribution in [2.75, 3.05) is 13.2 Å². The van der Waals surface area contributed by atoms with Gasteiger partial charge in [-0.1, -0.05) is 30.3 Å². The van der Waals surface area contributed by atoms with Gasteiger partial charge in [0.05, 0.1) is 19.2 Å². The monoisotopic (exact) mass is 194 g/mol. The Kier molecular flexibility index (Phi) is 4.10. The maximum absolute atomic E-state index is 11.0. The SMILES string of the molecule is NCC(=O)N[C@H](CO)c1ccccc1. The highest BCUT2D eigenvalue weighted by molar-refractivity contribution is 5.78. The van der Waals surface area contributed by atoms with Crippen LogP contribution in [0.15, 0.2) is 30.3 Å². The van der Waals surface area contributed by atoms with E-state index in [1.807, 2.05) is 30.3 Å². The summed E-state index contributed by atoms with van der Waals surface area (Å²) in [7, 11) is 0. The van der Waals surface area contributed by atoms with Gasteiger partial charge in [-0.2, -0.15) is 0 Å². The molecule has 4 N–H and O–H groups in total. The third-order valence-corrected chi connectivity index (χ3v) is 1.91. The molecule has 76 valence electrons. The Bertz CT molecular complexity index is 287. The molecule has 0 aliphatic heterocycles. The molecule has 0 spiro atoms. The summed E-state index contributed by atoms with van der Waals surface area (Å²) >= 11 is 0. The lowest BCUT2D eigenvalue weighted by molar-refractivity contribution is -0.120. The first-order valence-corrected chi connectivity index (χ1v) is 4.43. The molecule has 14 heavy (non-hydrogen) atoms. The second kappa shape index (κ2) is 5.36. The summed E-state index contributed by atoms with van der Waals surface area (Å²) in [6.45, 7) is -0.195. The number of carbonyl (C=O) groups excluding carboxylic acids is 1. The van der Waals surface area contributed by atoms with Crippen molar-refractivity contribution in [1.29, 1.82) is 0 Å². The number of carbonyl (C=O) groups is 1. The minimum absolute atomic E-state index is 0.0661. The summed E-state index contributed by atoms with van der Waals surface area (Å²) in [5.74, 6) is -0.270. The lowest BCUT2D eigenvalue weighted by Gasteiger charge is -2.15. The standard InChI is InChI=1S/C10H14N2O2/c11-6-10(14)12-9(7-13)8-4-2-1-3-5-8/h1-5,9,13H,6-7,11H2,(H,12,14)/t9-/m1/s1. The Morgan fingerprint density at radius 3 is 2.57 bits per heavy atom. The highest BCUT2D eigenvalue weighted by Gasteiger charge is 2.11. The third kappa shape index (κ3) is 2.83. The van der Waals surface area contributed by atoms with Crippen LogP contribution in [0.25, 0.3) is 0 Å². The van der Waals surface area contributed by atoms with Crippen molar-refractivity contribution >= 4 is 5.91 Å². The largest absolute Gasteiger partial charge is 0.394 e. The number of hydrogen-bond acceptors (Lipinski definition) is 3. The number of rotatable bonds is 4. The molecule has 1 aromatic carbocycles. The molecule has 1 atom stereocenters. The second-order valence-corrected chi connectivity index (χ2v) is 2.92. The average molecular weight is 194 g/mol. The molecule has 0 radical (unpaired) electrons. The minimum Gasteiger partial charge on any atom is -0.394 e. The van der Waals surface area contributed by atoms with E-state index in [4.69, 9.17) is 10.8 Å². The molecular weight excluding hydrogens is 180 g/mol. The van der Waals surface area contributed by atoms with Crippen molar-refractivity contribution in [2.24, 2.45) is 5.73 Å². The number of nitrogens with one attached hydrogen (secondary N) is 1.